The van der Waals surface area contributed by atoms with E-state index in [4.69, 9.17) is 6.42 Å². The zero-order valence-corrected chi connectivity index (χ0v) is 15.4. The molecule has 0 atom stereocenters. The number of allylic oxidation sites excluding steroid dienone is 2. The van der Waals surface area contributed by atoms with Crippen LogP contribution in [0.2, 0.25) is 0 Å². The summed E-state index contributed by atoms with van der Waals surface area (Å²) in [5.74, 6) is 2.77. The average molecular weight is 341 g/mol. The molecule has 1 heteroatoms. The Hall–Kier alpha value is -2.61. The van der Waals surface area contributed by atoms with E-state index in [1.807, 2.05) is 6.92 Å². The predicted octanol–water partition coefficient (Wildman–Crippen LogP) is 4.56. The lowest BCUT2D eigenvalue weighted by Crippen LogP contribution is -2.33. The molecule has 3 rings (SSSR count). The van der Waals surface area contributed by atoms with Crippen LogP contribution >= 0.6 is 7.26 Å². The highest BCUT2D eigenvalue weighted by atomic mass is 31.2. The second kappa shape index (κ2) is 7.98. The summed E-state index contributed by atoms with van der Waals surface area (Å²) in [4.78, 5) is 0. The van der Waals surface area contributed by atoms with Crippen LogP contribution in [0.25, 0.3) is 0 Å². The molecule has 25 heavy (non-hydrogen) atoms. The zero-order chi connectivity index (χ0) is 17.5. The summed E-state index contributed by atoms with van der Waals surface area (Å²) in [5, 5.41) is 4.15. The molecular formula is C24H22P+. The normalized spacial score (nSPS) is 11.8. The molecule has 0 fully saturated rings. The molecule has 0 aliphatic carbocycles. The molecule has 3 aromatic rings. The van der Waals surface area contributed by atoms with Crippen LogP contribution in [-0.2, 0) is 0 Å². The van der Waals surface area contributed by atoms with Gasteiger partial charge in [-0.05, 0) is 55.0 Å². The van der Waals surface area contributed by atoms with Gasteiger partial charge < -0.3 is 0 Å². The van der Waals surface area contributed by atoms with Crippen molar-refractivity contribution in [3.63, 3.8) is 0 Å². The molecule has 122 valence electrons. The summed E-state index contributed by atoms with van der Waals surface area (Å²) in [6.45, 7) is 2.01. The van der Waals surface area contributed by atoms with Gasteiger partial charge in [-0.3, -0.25) is 0 Å². The van der Waals surface area contributed by atoms with Crippen molar-refractivity contribution >= 4 is 23.2 Å². The molecule has 0 aliphatic rings. The van der Waals surface area contributed by atoms with E-state index in [1.165, 1.54) is 15.9 Å². The van der Waals surface area contributed by atoms with Crippen molar-refractivity contribution in [1.29, 1.82) is 0 Å². The van der Waals surface area contributed by atoms with E-state index in [1.54, 1.807) is 0 Å². The highest BCUT2D eigenvalue weighted by molar-refractivity contribution is 7.95. The highest BCUT2D eigenvalue weighted by Crippen LogP contribution is 2.55. The minimum atomic E-state index is -1.79. The second-order valence-electron chi connectivity index (χ2n) is 6.03. The maximum atomic E-state index is 5.61. The molecule has 0 saturated carbocycles. The Morgan fingerprint density at radius 2 is 1.12 bits per heavy atom. The third kappa shape index (κ3) is 3.58. The van der Waals surface area contributed by atoms with Crippen LogP contribution in [0.3, 0.4) is 0 Å². The molecule has 0 bridgehead atoms. The highest BCUT2D eigenvalue weighted by Gasteiger charge is 2.44. The number of benzene rings is 3. The summed E-state index contributed by atoms with van der Waals surface area (Å²) < 4.78 is 0. The van der Waals surface area contributed by atoms with E-state index >= 15 is 0 Å². The monoisotopic (exact) mass is 341 g/mol. The van der Waals surface area contributed by atoms with Crippen LogP contribution in [0, 0.1) is 12.3 Å². The van der Waals surface area contributed by atoms with Gasteiger partial charge >= 0.3 is 0 Å². The number of terminal acetylenes is 1. The van der Waals surface area contributed by atoms with Gasteiger partial charge in [0.25, 0.3) is 0 Å². The van der Waals surface area contributed by atoms with E-state index in [2.05, 4.69) is 103 Å². The van der Waals surface area contributed by atoms with Crippen molar-refractivity contribution in [3.8, 4) is 12.3 Å². The molecule has 0 unspecified atom stereocenters. The minimum absolute atomic E-state index is 0.932. The van der Waals surface area contributed by atoms with Crippen molar-refractivity contribution in [3.05, 3.63) is 103 Å². The van der Waals surface area contributed by atoms with E-state index in [0.717, 1.165) is 11.7 Å². The molecule has 0 spiro atoms. The lowest BCUT2D eigenvalue weighted by Gasteiger charge is -2.26. The van der Waals surface area contributed by atoms with Gasteiger partial charge in [0, 0.05) is 0 Å². The van der Waals surface area contributed by atoms with Gasteiger partial charge in [-0.2, -0.15) is 0 Å². The number of hydrogen-bond acceptors (Lipinski definition) is 0. The molecular weight excluding hydrogens is 319 g/mol. The van der Waals surface area contributed by atoms with Crippen molar-refractivity contribution in [2.24, 2.45) is 0 Å². The molecule has 0 aliphatic heterocycles. The van der Waals surface area contributed by atoms with Crippen molar-refractivity contribution in [1.82, 2.24) is 0 Å². The van der Waals surface area contributed by atoms with Crippen LogP contribution in [0.15, 0.2) is 103 Å². The Labute approximate surface area is 151 Å². The van der Waals surface area contributed by atoms with Gasteiger partial charge in [-0.1, -0.05) is 60.5 Å². The van der Waals surface area contributed by atoms with Gasteiger partial charge in [0.1, 0.15) is 23.2 Å². The van der Waals surface area contributed by atoms with Crippen LogP contribution in [0.5, 0.6) is 0 Å². The minimum Gasteiger partial charge on any atom is -0.115 e. The standard InChI is InChI=1S/C24H22P/c1-3-21(2)19-20-25(22-13-7-4-8-14-22,23-15-9-5-10-16-23)24-17-11-6-12-18-24/h1,4-19H,20H2,2H3/q+1/b21-19+. The van der Waals surface area contributed by atoms with Crippen LogP contribution in [0.1, 0.15) is 6.92 Å². The maximum absolute atomic E-state index is 5.61. The third-order valence-electron chi connectivity index (χ3n) is 4.49. The molecule has 0 nitrogen and oxygen atoms in total. The zero-order valence-electron chi connectivity index (χ0n) is 14.5. The molecule has 3 aromatic carbocycles. The number of hydrogen-bond donors (Lipinski definition) is 0. The SMILES string of the molecule is C#C/C(C)=C/C[P+](c1ccccc1)(c1ccccc1)c1ccccc1. The number of rotatable bonds is 5. The Morgan fingerprint density at radius 1 is 0.760 bits per heavy atom. The summed E-state index contributed by atoms with van der Waals surface area (Å²) in [7, 11) is -1.79. The van der Waals surface area contributed by atoms with Crippen LogP contribution in [0.4, 0.5) is 0 Å². The fraction of sp³-hybridized carbons (Fsp3) is 0.0833. The van der Waals surface area contributed by atoms with E-state index in [9.17, 15) is 0 Å². The topological polar surface area (TPSA) is 0 Å². The first-order valence-electron chi connectivity index (χ1n) is 8.45. The molecule has 0 amide bonds. The van der Waals surface area contributed by atoms with E-state index in [-0.39, 0.29) is 0 Å². The molecule has 0 N–H and O–H groups in total. The molecule has 0 heterocycles. The van der Waals surface area contributed by atoms with Gasteiger partial charge in [-0.15, -0.1) is 6.42 Å². The largest absolute Gasteiger partial charge is 0.116 e. The summed E-state index contributed by atoms with van der Waals surface area (Å²) >= 11 is 0. The fourth-order valence-electron chi connectivity index (χ4n) is 3.14. The summed E-state index contributed by atoms with van der Waals surface area (Å²) in [5.41, 5.74) is 0.993. The van der Waals surface area contributed by atoms with Gasteiger partial charge in [0.2, 0.25) is 0 Å². The smallest absolute Gasteiger partial charge is 0.115 e. The summed E-state index contributed by atoms with van der Waals surface area (Å²) in [6.07, 6.45) is 8.77. The molecule has 0 saturated heterocycles. The average Bonchev–Trinajstić information content (AvgIpc) is 2.71. The van der Waals surface area contributed by atoms with E-state index in [0.29, 0.717) is 0 Å². The molecule has 0 radical (unpaired) electrons. The van der Waals surface area contributed by atoms with Crippen LogP contribution in [-0.4, -0.2) is 6.16 Å². The Balaban J connectivity index is 2.30. The van der Waals surface area contributed by atoms with Crippen LogP contribution < -0.4 is 15.9 Å². The quantitative estimate of drug-likeness (QED) is 0.471. The van der Waals surface area contributed by atoms with Gasteiger partial charge in [0.05, 0.1) is 6.16 Å². The second-order valence-corrected chi connectivity index (χ2v) is 9.56. The van der Waals surface area contributed by atoms with Crippen molar-refractivity contribution < 1.29 is 0 Å². The predicted molar refractivity (Wildman–Crippen MR) is 113 cm³/mol. The summed E-state index contributed by atoms with van der Waals surface area (Å²) in [6, 6.07) is 32.6. The first kappa shape index (κ1) is 17.2. The maximum Gasteiger partial charge on any atom is 0.116 e. The first-order valence-corrected chi connectivity index (χ1v) is 10.4. The lowest BCUT2D eigenvalue weighted by molar-refractivity contribution is 1.52. The third-order valence-corrected chi connectivity index (χ3v) is 8.76. The first-order chi connectivity index (χ1) is 12.3. The van der Waals surface area contributed by atoms with E-state index < -0.39 is 7.26 Å². The Kier molecular flexibility index (Phi) is 5.49. The Morgan fingerprint density at radius 3 is 1.44 bits per heavy atom. The van der Waals surface area contributed by atoms with Gasteiger partial charge in [-0.25, -0.2) is 0 Å². The van der Waals surface area contributed by atoms with Gasteiger partial charge in [0.15, 0.2) is 0 Å². The van der Waals surface area contributed by atoms with Crippen molar-refractivity contribution in [2.75, 3.05) is 6.16 Å². The lowest BCUT2D eigenvalue weighted by atomic mass is 10.3. The Bertz CT molecular complexity index is 775. The fourth-order valence-corrected chi connectivity index (χ4v) is 7.26. The van der Waals surface area contributed by atoms with Crippen molar-refractivity contribution in [2.45, 2.75) is 6.92 Å². The molecule has 0 aromatic heterocycles.